The average molecular weight is 442 g/mol. The number of benzene rings is 1. The van der Waals surface area contributed by atoms with E-state index >= 15 is 0 Å². The van der Waals surface area contributed by atoms with Crippen LogP contribution in [0.4, 0.5) is 13.2 Å². The van der Waals surface area contributed by atoms with E-state index in [1.54, 1.807) is 10.3 Å². The Labute approximate surface area is 172 Å². The van der Waals surface area contributed by atoms with Crippen LogP contribution in [-0.2, 0) is 17.5 Å². The molecule has 29 heavy (non-hydrogen) atoms. The van der Waals surface area contributed by atoms with E-state index in [2.05, 4.69) is 4.98 Å². The molecule has 3 heterocycles. The summed E-state index contributed by atoms with van der Waals surface area (Å²) >= 11 is 7.30. The van der Waals surface area contributed by atoms with Crippen molar-refractivity contribution in [2.24, 2.45) is 0 Å². The van der Waals surface area contributed by atoms with Gasteiger partial charge < -0.3 is 4.90 Å². The summed E-state index contributed by atoms with van der Waals surface area (Å²) in [5, 5.41) is 1.77. The van der Waals surface area contributed by atoms with Gasteiger partial charge in [-0.25, -0.2) is 4.98 Å². The fourth-order valence-corrected chi connectivity index (χ4v) is 4.58. The van der Waals surface area contributed by atoms with Gasteiger partial charge >= 0.3 is 6.18 Å². The Kier molecular flexibility index (Phi) is 5.12. The maximum Gasteiger partial charge on any atom is 0.416 e. The predicted octanol–water partition coefficient (Wildman–Crippen LogP) is 4.42. The van der Waals surface area contributed by atoms with Gasteiger partial charge in [0.25, 0.3) is 5.56 Å². The van der Waals surface area contributed by atoms with Crippen molar-refractivity contribution in [3.05, 3.63) is 50.8 Å². The lowest BCUT2D eigenvalue weighted by atomic mass is 10.0. The molecule has 1 aliphatic rings. The Morgan fingerprint density at radius 1 is 1.21 bits per heavy atom. The zero-order valence-corrected chi connectivity index (χ0v) is 16.6. The number of halogens is 4. The minimum atomic E-state index is -4.51. The highest BCUT2D eigenvalue weighted by atomic mass is 35.5. The number of hydrogen-bond acceptors (Lipinski definition) is 4. The summed E-state index contributed by atoms with van der Waals surface area (Å²) in [7, 11) is 0. The molecule has 0 unspecified atom stereocenters. The molecule has 1 aliphatic heterocycles. The number of aromatic nitrogens is 2. The van der Waals surface area contributed by atoms with E-state index in [-0.39, 0.29) is 22.9 Å². The predicted molar refractivity (Wildman–Crippen MR) is 105 cm³/mol. The van der Waals surface area contributed by atoms with Gasteiger partial charge in [-0.3, -0.25) is 14.2 Å². The Bertz CT molecular complexity index is 1150. The van der Waals surface area contributed by atoms with Crippen molar-refractivity contribution in [2.45, 2.75) is 25.6 Å². The molecular formula is C19H15ClF3N3O2S. The molecule has 1 amide bonds. The first-order valence-corrected chi connectivity index (χ1v) is 10.1. The molecule has 0 atom stereocenters. The number of likely N-dealkylation sites (tertiary alicyclic amines) is 1. The molecule has 0 bridgehead atoms. The molecule has 0 saturated carbocycles. The fourth-order valence-electron chi connectivity index (χ4n) is 3.40. The third kappa shape index (κ3) is 3.76. The minimum absolute atomic E-state index is 0.109. The lowest BCUT2D eigenvalue weighted by Gasteiger charge is -2.15. The van der Waals surface area contributed by atoms with E-state index in [9.17, 15) is 22.8 Å². The van der Waals surface area contributed by atoms with E-state index in [1.807, 2.05) is 0 Å². The van der Waals surface area contributed by atoms with E-state index in [4.69, 9.17) is 11.6 Å². The van der Waals surface area contributed by atoms with Gasteiger partial charge in [0.05, 0.1) is 17.3 Å². The lowest BCUT2D eigenvalue weighted by Crippen LogP contribution is -2.34. The Morgan fingerprint density at radius 3 is 2.59 bits per heavy atom. The Morgan fingerprint density at radius 2 is 1.93 bits per heavy atom. The molecule has 5 nitrogen and oxygen atoms in total. The topological polar surface area (TPSA) is 55.2 Å². The Hall–Kier alpha value is -2.39. The molecule has 1 aromatic carbocycles. The molecular weight excluding hydrogens is 427 g/mol. The number of hydrogen-bond donors (Lipinski definition) is 0. The second kappa shape index (κ2) is 7.46. The van der Waals surface area contributed by atoms with Crippen LogP contribution in [0.2, 0.25) is 5.02 Å². The summed E-state index contributed by atoms with van der Waals surface area (Å²) < 4.78 is 40.0. The monoisotopic (exact) mass is 441 g/mol. The fraction of sp³-hybridized carbons (Fsp3) is 0.316. The van der Waals surface area contributed by atoms with E-state index in [0.29, 0.717) is 29.0 Å². The molecule has 0 radical (unpaired) electrons. The zero-order chi connectivity index (χ0) is 20.8. The molecule has 0 aliphatic carbocycles. The average Bonchev–Trinajstić information content (AvgIpc) is 3.33. The van der Waals surface area contributed by atoms with Crippen molar-refractivity contribution in [1.29, 1.82) is 0 Å². The summed E-state index contributed by atoms with van der Waals surface area (Å²) in [6.45, 7) is 1.22. The number of thiophene rings is 1. The van der Waals surface area contributed by atoms with Gasteiger partial charge in [0.1, 0.15) is 11.4 Å². The number of carbonyl (C=O) groups is 1. The first kappa shape index (κ1) is 19.9. The summed E-state index contributed by atoms with van der Waals surface area (Å²) in [5.41, 5.74) is -0.565. The van der Waals surface area contributed by atoms with E-state index < -0.39 is 17.3 Å². The third-order valence-electron chi connectivity index (χ3n) is 4.91. The largest absolute Gasteiger partial charge is 0.416 e. The number of fused-ring (bicyclic) bond motifs is 1. The van der Waals surface area contributed by atoms with Crippen LogP contribution in [0, 0.1) is 0 Å². The zero-order valence-electron chi connectivity index (χ0n) is 15.0. The molecule has 4 rings (SSSR count). The van der Waals surface area contributed by atoms with Gasteiger partial charge in [-0.2, -0.15) is 13.2 Å². The number of amides is 1. The van der Waals surface area contributed by atoms with Gasteiger partial charge in [0, 0.05) is 34.6 Å². The maximum absolute atomic E-state index is 13.0. The highest BCUT2D eigenvalue weighted by Gasteiger charge is 2.31. The molecule has 2 aromatic heterocycles. The van der Waals surface area contributed by atoms with Gasteiger partial charge in [0.2, 0.25) is 5.91 Å². The normalized spacial score (nSPS) is 14.7. The van der Waals surface area contributed by atoms with Crippen LogP contribution < -0.4 is 5.56 Å². The Balaban J connectivity index is 1.75. The van der Waals surface area contributed by atoms with Crippen molar-refractivity contribution in [3.63, 3.8) is 0 Å². The second-order valence-electron chi connectivity index (χ2n) is 6.79. The van der Waals surface area contributed by atoms with Gasteiger partial charge in [-0.1, -0.05) is 17.7 Å². The first-order valence-electron chi connectivity index (χ1n) is 8.87. The summed E-state index contributed by atoms with van der Waals surface area (Å²) in [6.07, 6.45) is -1.30. The van der Waals surface area contributed by atoms with Crippen molar-refractivity contribution >= 4 is 39.1 Å². The van der Waals surface area contributed by atoms with Crippen molar-refractivity contribution in [3.8, 4) is 11.1 Å². The third-order valence-corrected chi connectivity index (χ3v) is 6.11. The highest BCUT2D eigenvalue weighted by Crippen LogP contribution is 2.38. The number of alkyl halides is 3. The SMILES string of the molecule is O=C(Cn1cnc2scc(-c3ccc(C(F)(F)F)cc3Cl)c2c1=O)N1CCCC1. The molecule has 10 heteroatoms. The standard InChI is InChI=1S/C19H15ClF3N3O2S/c20-14-7-11(19(21,22)23)3-4-12(14)13-9-29-17-16(13)18(28)26(10-24-17)8-15(27)25-5-1-2-6-25/h3-4,7,9-10H,1-2,5-6,8H2. The lowest BCUT2D eigenvalue weighted by molar-refractivity contribution is -0.137. The smallest absolute Gasteiger partial charge is 0.341 e. The van der Waals surface area contributed by atoms with Crippen molar-refractivity contribution in [1.82, 2.24) is 14.5 Å². The number of carbonyl (C=O) groups excluding carboxylic acids is 1. The summed E-state index contributed by atoms with van der Waals surface area (Å²) in [4.78, 5) is 31.8. The van der Waals surface area contributed by atoms with Crippen LogP contribution in [0.15, 0.2) is 34.7 Å². The van der Waals surface area contributed by atoms with E-state index in [0.717, 1.165) is 25.0 Å². The van der Waals surface area contributed by atoms with Gasteiger partial charge in [-0.05, 0) is 25.0 Å². The van der Waals surface area contributed by atoms with Crippen LogP contribution in [-0.4, -0.2) is 33.4 Å². The van der Waals surface area contributed by atoms with Gasteiger partial charge in [-0.15, -0.1) is 11.3 Å². The minimum Gasteiger partial charge on any atom is -0.341 e. The van der Waals surface area contributed by atoms with Gasteiger partial charge in [0.15, 0.2) is 0 Å². The summed E-state index contributed by atoms with van der Waals surface area (Å²) in [6, 6.07) is 3.02. The molecule has 1 fully saturated rings. The summed E-state index contributed by atoms with van der Waals surface area (Å²) in [5.74, 6) is -0.157. The maximum atomic E-state index is 13.0. The number of rotatable bonds is 3. The van der Waals surface area contributed by atoms with Crippen LogP contribution >= 0.6 is 22.9 Å². The molecule has 3 aromatic rings. The molecule has 0 spiro atoms. The van der Waals surface area contributed by atoms with Crippen molar-refractivity contribution in [2.75, 3.05) is 13.1 Å². The molecule has 152 valence electrons. The molecule has 0 N–H and O–H groups in total. The quantitative estimate of drug-likeness (QED) is 0.604. The molecule has 1 saturated heterocycles. The van der Waals surface area contributed by atoms with Crippen molar-refractivity contribution < 1.29 is 18.0 Å². The number of nitrogens with zero attached hydrogens (tertiary/aromatic N) is 3. The highest BCUT2D eigenvalue weighted by molar-refractivity contribution is 7.17. The van der Waals surface area contributed by atoms with Crippen LogP contribution in [0.1, 0.15) is 18.4 Å². The van der Waals surface area contributed by atoms with Crippen LogP contribution in [0.3, 0.4) is 0 Å². The second-order valence-corrected chi connectivity index (χ2v) is 8.05. The first-order chi connectivity index (χ1) is 13.8. The van der Waals surface area contributed by atoms with Crippen LogP contribution in [0.5, 0.6) is 0 Å². The van der Waals surface area contributed by atoms with E-state index in [1.165, 1.54) is 28.3 Å². The van der Waals surface area contributed by atoms with Crippen LogP contribution in [0.25, 0.3) is 21.3 Å².